The molecule has 0 bridgehead atoms. The average Bonchev–Trinajstić information content (AvgIpc) is 2.89. The van der Waals surface area contributed by atoms with Gasteiger partial charge in [0.2, 0.25) is 17.6 Å². The van der Waals surface area contributed by atoms with Gasteiger partial charge in [0.1, 0.15) is 12.1 Å². The van der Waals surface area contributed by atoms with Crippen molar-refractivity contribution in [3.63, 3.8) is 0 Å². The molecule has 0 aromatic heterocycles. The molecule has 2 aromatic rings. The molecule has 1 aliphatic rings. The van der Waals surface area contributed by atoms with Crippen molar-refractivity contribution in [3.8, 4) is 28.4 Å². The van der Waals surface area contributed by atoms with E-state index in [1.165, 1.54) is 0 Å². The molecule has 2 amide bonds. The topological polar surface area (TPSA) is 68.3 Å². The van der Waals surface area contributed by atoms with Crippen molar-refractivity contribution in [1.29, 1.82) is 0 Å². The monoisotopic (exact) mass is 478 g/mol. The van der Waals surface area contributed by atoms with E-state index in [2.05, 4.69) is 0 Å². The number of allylic oxidation sites excluding steroid dienone is 3. The Morgan fingerprint density at radius 2 is 1.51 bits per heavy atom. The van der Waals surface area contributed by atoms with Crippen molar-refractivity contribution < 1.29 is 23.8 Å². The molecule has 1 unspecified atom stereocenters. The van der Waals surface area contributed by atoms with Crippen LogP contribution in [-0.4, -0.2) is 68.6 Å². The van der Waals surface area contributed by atoms with E-state index in [1.807, 2.05) is 67.6 Å². The molecule has 1 aliphatic heterocycles. The third-order valence-corrected chi connectivity index (χ3v) is 6.33. The van der Waals surface area contributed by atoms with Gasteiger partial charge in [-0.25, -0.2) is 0 Å². The molecule has 0 saturated carbocycles. The van der Waals surface area contributed by atoms with Crippen LogP contribution in [-0.2, 0) is 16.0 Å². The summed E-state index contributed by atoms with van der Waals surface area (Å²) in [6, 6.07) is 10.7. The van der Waals surface area contributed by atoms with E-state index in [-0.39, 0.29) is 11.8 Å². The van der Waals surface area contributed by atoms with Gasteiger partial charge < -0.3 is 24.0 Å². The van der Waals surface area contributed by atoms with Crippen LogP contribution >= 0.6 is 0 Å². The van der Waals surface area contributed by atoms with Crippen LogP contribution in [0.15, 0.2) is 60.7 Å². The fourth-order valence-corrected chi connectivity index (χ4v) is 4.27. The van der Waals surface area contributed by atoms with E-state index >= 15 is 0 Å². The second-order valence-electron chi connectivity index (χ2n) is 8.40. The van der Waals surface area contributed by atoms with E-state index in [4.69, 9.17) is 14.2 Å². The molecular weight excluding hydrogens is 444 g/mol. The molecule has 3 rings (SSSR count). The van der Waals surface area contributed by atoms with Crippen LogP contribution in [0.5, 0.6) is 17.2 Å². The first kappa shape index (κ1) is 25.9. The number of likely N-dealkylation sites (N-methyl/N-ethyl adjacent to an activating group) is 1. The molecule has 7 nitrogen and oxygen atoms in total. The Balaban J connectivity index is 1.82. The standard InChI is InChI=1S/C28H34N2O5/c1-7-8-9-10-15-30-19(2)27(31)29(3)23(28(30)32)16-20-11-13-21(14-12-20)22-17-24(33-4)26(35-6)25(18-22)34-5/h7-14,17-19,23H,15-16H2,1-6H3/b8-7+,10-9+/t19-,23?/m0/s1. The summed E-state index contributed by atoms with van der Waals surface area (Å²) in [7, 11) is 6.45. The Hall–Kier alpha value is -3.74. The number of nitrogens with zero attached hydrogens (tertiary/aromatic N) is 2. The molecule has 186 valence electrons. The van der Waals surface area contributed by atoms with Gasteiger partial charge in [-0.2, -0.15) is 0 Å². The van der Waals surface area contributed by atoms with Crippen LogP contribution in [0.25, 0.3) is 11.1 Å². The second kappa shape index (κ2) is 11.6. The zero-order valence-corrected chi connectivity index (χ0v) is 21.3. The summed E-state index contributed by atoms with van der Waals surface area (Å²) in [6.07, 6.45) is 8.05. The van der Waals surface area contributed by atoms with E-state index in [9.17, 15) is 9.59 Å². The molecule has 1 saturated heterocycles. The minimum absolute atomic E-state index is 0.0431. The smallest absolute Gasteiger partial charge is 0.246 e. The third-order valence-electron chi connectivity index (χ3n) is 6.33. The summed E-state index contributed by atoms with van der Waals surface area (Å²) in [4.78, 5) is 29.4. The van der Waals surface area contributed by atoms with Gasteiger partial charge in [0.25, 0.3) is 0 Å². The van der Waals surface area contributed by atoms with Crippen molar-refractivity contribution in [1.82, 2.24) is 9.80 Å². The fourth-order valence-electron chi connectivity index (χ4n) is 4.27. The highest BCUT2D eigenvalue weighted by Crippen LogP contribution is 2.41. The van der Waals surface area contributed by atoms with Gasteiger partial charge in [-0.15, -0.1) is 0 Å². The number of benzene rings is 2. The SMILES string of the molecule is C/C=C/C=C/CN1C(=O)C(Cc2ccc(-c3cc(OC)c(OC)c(OC)c3)cc2)N(C)C(=O)[C@@H]1C. The Morgan fingerprint density at radius 3 is 2.06 bits per heavy atom. The first-order valence-electron chi connectivity index (χ1n) is 11.6. The van der Waals surface area contributed by atoms with Crippen molar-refractivity contribution in [2.24, 2.45) is 0 Å². The van der Waals surface area contributed by atoms with Crippen LogP contribution in [0.1, 0.15) is 19.4 Å². The van der Waals surface area contributed by atoms with Gasteiger partial charge in [0.15, 0.2) is 11.5 Å². The molecule has 7 heteroatoms. The van der Waals surface area contributed by atoms with Gasteiger partial charge in [-0.05, 0) is 42.7 Å². The molecule has 1 heterocycles. The first-order valence-corrected chi connectivity index (χ1v) is 11.6. The Morgan fingerprint density at radius 1 is 0.886 bits per heavy atom. The Kier molecular flexibility index (Phi) is 8.58. The lowest BCUT2D eigenvalue weighted by Gasteiger charge is -2.42. The minimum atomic E-state index is -0.541. The molecule has 0 N–H and O–H groups in total. The van der Waals surface area contributed by atoms with E-state index in [1.54, 1.807) is 45.1 Å². The lowest BCUT2D eigenvalue weighted by atomic mass is 9.96. The van der Waals surface area contributed by atoms with Gasteiger partial charge in [-0.3, -0.25) is 9.59 Å². The summed E-state index contributed by atoms with van der Waals surface area (Å²) in [5.41, 5.74) is 2.86. The Labute approximate surface area is 207 Å². The molecule has 0 aliphatic carbocycles. The number of carbonyl (C=O) groups is 2. The summed E-state index contributed by atoms with van der Waals surface area (Å²) in [5, 5.41) is 0. The summed E-state index contributed by atoms with van der Waals surface area (Å²) < 4.78 is 16.3. The first-order chi connectivity index (χ1) is 16.9. The van der Waals surface area contributed by atoms with Crippen LogP contribution in [0.3, 0.4) is 0 Å². The maximum absolute atomic E-state index is 13.3. The molecule has 2 aromatic carbocycles. The number of ether oxygens (including phenoxy) is 3. The van der Waals surface area contributed by atoms with Crippen LogP contribution < -0.4 is 14.2 Å². The number of methoxy groups -OCH3 is 3. The van der Waals surface area contributed by atoms with Gasteiger partial charge >= 0.3 is 0 Å². The molecule has 0 radical (unpaired) electrons. The predicted molar refractivity (Wildman–Crippen MR) is 137 cm³/mol. The van der Waals surface area contributed by atoms with E-state index in [0.717, 1.165) is 16.7 Å². The Bertz CT molecular complexity index is 1080. The summed E-state index contributed by atoms with van der Waals surface area (Å²) in [5.74, 6) is 1.60. The van der Waals surface area contributed by atoms with Gasteiger partial charge in [0.05, 0.1) is 21.3 Å². The third kappa shape index (κ3) is 5.50. The van der Waals surface area contributed by atoms with Crippen molar-refractivity contribution >= 4 is 11.8 Å². The lowest BCUT2D eigenvalue weighted by Crippen LogP contribution is -2.63. The maximum Gasteiger partial charge on any atom is 0.246 e. The van der Waals surface area contributed by atoms with Crippen LogP contribution in [0, 0.1) is 0 Å². The molecule has 35 heavy (non-hydrogen) atoms. The van der Waals surface area contributed by atoms with Crippen LogP contribution in [0.2, 0.25) is 0 Å². The zero-order valence-electron chi connectivity index (χ0n) is 21.3. The quantitative estimate of drug-likeness (QED) is 0.508. The number of rotatable bonds is 9. The summed E-state index contributed by atoms with van der Waals surface area (Å²) >= 11 is 0. The van der Waals surface area contributed by atoms with Gasteiger partial charge in [0, 0.05) is 20.0 Å². The summed E-state index contributed by atoms with van der Waals surface area (Å²) in [6.45, 7) is 4.11. The van der Waals surface area contributed by atoms with Crippen molar-refractivity contribution in [3.05, 3.63) is 66.3 Å². The minimum Gasteiger partial charge on any atom is -0.493 e. The molecular formula is C28H34N2O5. The second-order valence-corrected chi connectivity index (χ2v) is 8.40. The highest BCUT2D eigenvalue weighted by atomic mass is 16.5. The highest BCUT2D eigenvalue weighted by Gasteiger charge is 2.41. The molecule has 1 fully saturated rings. The largest absolute Gasteiger partial charge is 0.493 e. The number of piperazine rings is 1. The number of hydrogen-bond acceptors (Lipinski definition) is 5. The highest BCUT2D eigenvalue weighted by molar-refractivity contribution is 5.96. The van der Waals surface area contributed by atoms with Crippen molar-refractivity contribution in [2.75, 3.05) is 34.9 Å². The fraction of sp³-hybridized carbons (Fsp3) is 0.357. The molecule has 0 spiro atoms. The lowest BCUT2D eigenvalue weighted by molar-refractivity contribution is -0.158. The number of amides is 2. The average molecular weight is 479 g/mol. The normalized spacial score (nSPS) is 18.6. The van der Waals surface area contributed by atoms with Crippen LogP contribution in [0.4, 0.5) is 0 Å². The number of carbonyl (C=O) groups excluding carboxylic acids is 2. The van der Waals surface area contributed by atoms with E-state index in [0.29, 0.717) is 30.2 Å². The van der Waals surface area contributed by atoms with Gasteiger partial charge in [-0.1, -0.05) is 48.6 Å². The van der Waals surface area contributed by atoms with E-state index < -0.39 is 12.1 Å². The zero-order chi connectivity index (χ0) is 25.5. The maximum atomic E-state index is 13.3. The van der Waals surface area contributed by atoms with Crippen molar-refractivity contribution in [2.45, 2.75) is 32.4 Å². The predicted octanol–water partition coefficient (Wildman–Crippen LogP) is 4.11. The molecule has 2 atom stereocenters. The number of hydrogen-bond donors (Lipinski definition) is 0.